The Kier molecular flexibility index (Phi) is 6.21. The molecule has 0 saturated heterocycles. The van der Waals surface area contributed by atoms with Crippen LogP contribution in [0.25, 0.3) is 0 Å². The highest BCUT2D eigenvalue weighted by molar-refractivity contribution is 7.89. The van der Waals surface area contributed by atoms with Crippen molar-refractivity contribution in [2.45, 2.75) is 38.6 Å². The summed E-state index contributed by atoms with van der Waals surface area (Å²) in [5.74, 6) is -0.338. The molecule has 0 spiro atoms. The van der Waals surface area contributed by atoms with Crippen LogP contribution in [0, 0.1) is 20.8 Å². The SMILES string of the molecule is Cc1cc(C)c(S(=O)(=O)N(C)CC(=O)N[C@H](C)c2ccccc2)c(C)c1. The van der Waals surface area contributed by atoms with Gasteiger partial charge in [0.1, 0.15) is 0 Å². The summed E-state index contributed by atoms with van der Waals surface area (Å²) in [6, 6.07) is 13.0. The lowest BCUT2D eigenvalue weighted by atomic mass is 10.1. The van der Waals surface area contributed by atoms with Crippen molar-refractivity contribution in [3.8, 4) is 0 Å². The first-order valence-corrected chi connectivity index (χ1v) is 9.95. The van der Waals surface area contributed by atoms with Crippen molar-refractivity contribution in [2.75, 3.05) is 13.6 Å². The number of nitrogens with one attached hydrogen (secondary N) is 1. The Balaban J connectivity index is 2.13. The molecule has 1 amide bonds. The molecule has 0 radical (unpaired) electrons. The molecule has 5 nitrogen and oxygen atoms in total. The molecule has 2 rings (SSSR count). The monoisotopic (exact) mass is 374 g/mol. The second-order valence-corrected chi connectivity index (χ2v) is 8.67. The number of carbonyl (C=O) groups excluding carboxylic acids is 1. The molecule has 0 aliphatic rings. The van der Waals surface area contributed by atoms with Crippen LogP contribution in [0.5, 0.6) is 0 Å². The summed E-state index contributed by atoms with van der Waals surface area (Å²) in [4.78, 5) is 12.6. The number of carbonyl (C=O) groups is 1. The van der Waals surface area contributed by atoms with Crippen LogP contribution in [-0.2, 0) is 14.8 Å². The zero-order chi connectivity index (χ0) is 19.5. The van der Waals surface area contributed by atoms with Crippen LogP contribution >= 0.6 is 0 Å². The maximum absolute atomic E-state index is 12.9. The van der Waals surface area contributed by atoms with Gasteiger partial charge in [0.15, 0.2) is 0 Å². The van der Waals surface area contributed by atoms with Gasteiger partial charge in [0.2, 0.25) is 15.9 Å². The zero-order valence-corrected chi connectivity index (χ0v) is 16.7. The van der Waals surface area contributed by atoms with E-state index in [2.05, 4.69) is 5.32 Å². The summed E-state index contributed by atoms with van der Waals surface area (Å²) in [6.45, 7) is 7.12. The third kappa shape index (κ3) is 4.51. The Morgan fingerprint density at radius 1 is 1.08 bits per heavy atom. The molecule has 140 valence electrons. The van der Waals surface area contributed by atoms with Gasteiger partial charge in [-0.2, -0.15) is 4.31 Å². The highest BCUT2D eigenvalue weighted by Gasteiger charge is 2.27. The van der Waals surface area contributed by atoms with E-state index in [-0.39, 0.29) is 23.4 Å². The van der Waals surface area contributed by atoms with E-state index in [1.165, 1.54) is 7.05 Å². The number of rotatable bonds is 6. The molecule has 0 aromatic heterocycles. The minimum absolute atomic E-state index is 0.192. The van der Waals surface area contributed by atoms with Gasteiger partial charge in [-0.25, -0.2) is 8.42 Å². The smallest absolute Gasteiger partial charge is 0.243 e. The van der Waals surface area contributed by atoms with Crippen molar-refractivity contribution in [2.24, 2.45) is 0 Å². The van der Waals surface area contributed by atoms with Crippen molar-refractivity contribution in [3.63, 3.8) is 0 Å². The fourth-order valence-electron chi connectivity index (χ4n) is 3.13. The van der Waals surface area contributed by atoms with Gasteiger partial charge in [-0.3, -0.25) is 4.79 Å². The van der Waals surface area contributed by atoms with Gasteiger partial charge < -0.3 is 5.32 Å². The Hall–Kier alpha value is -2.18. The summed E-state index contributed by atoms with van der Waals surface area (Å²) < 4.78 is 26.9. The lowest BCUT2D eigenvalue weighted by Gasteiger charge is -2.21. The molecule has 2 aromatic rings. The van der Waals surface area contributed by atoms with Crippen molar-refractivity contribution in [1.82, 2.24) is 9.62 Å². The number of hydrogen-bond donors (Lipinski definition) is 1. The van der Waals surface area contributed by atoms with Gasteiger partial charge in [-0.1, -0.05) is 48.0 Å². The lowest BCUT2D eigenvalue weighted by Crippen LogP contribution is -2.39. The van der Waals surface area contributed by atoms with Gasteiger partial charge in [0.05, 0.1) is 17.5 Å². The molecule has 0 unspecified atom stereocenters. The van der Waals surface area contributed by atoms with E-state index in [1.807, 2.05) is 56.3 Å². The second kappa shape index (κ2) is 8.01. The molecule has 2 aromatic carbocycles. The molecule has 0 bridgehead atoms. The number of likely N-dealkylation sites (N-methyl/N-ethyl adjacent to an activating group) is 1. The number of nitrogens with zero attached hydrogens (tertiary/aromatic N) is 1. The first kappa shape index (κ1) is 20.1. The molecule has 1 N–H and O–H groups in total. The molecule has 1 atom stereocenters. The third-order valence-corrected chi connectivity index (χ3v) is 6.43. The predicted molar refractivity (Wildman–Crippen MR) is 103 cm³/mol. The summed E-state index contributed by atoms with van der Waals surface area (Å²) in [5.41, 5.74) is 3.35. The van der Waals surface area contributed by atoms with Gasteiger partial charge >= 0.3 is 0 Å². The Bertz CT molecular complexity index is 870. The number of benzene rings is 2. The van der Waals surface area contributed by atoms with Gasteiger partial charge in [-0.05, 0) is 44.4 Å². The maximum atomic E-state index is 12.9. The van der Waals surface area contributed by atoms with Crippen molar-refractivity contribution >= 4 is 15.9 Å². The second-order valence-electron chi connectivity index (χ2n) is 6.69. The quantitative estimate of drug-likeness (QED) is 0.845. The highest BCUT2D eigenvalue weighted by Crippen LogP contribution is 2.24. The van der Waals surface area contributed by atoms with Crippen LogP contribution in [0.4, 0.5) is 0 Å². The van der Waals surface area contributed by atoms with Crippen molar-refractivity contribution < 1.29 is 13.2 Å². The largest absolute Gasteiger partial charge is 0.348 e. The van der Waals surface area contributed by atoms with E-state index in [0.717, 1.165) is 15.4 Å². The minimum Gasteiger partial charge on any atom is -0.348 e. The van der Waals surface area contributed by atoms with Gasteiger partial charge in [0.25, 0.3) is 0 Å². The van der Waals surface area contributed by atoms with E-state index < -0.39 is 10.0 Å². The van der Waals surface area contributed by atoms with E-state index in [1.54, 1.807) is 13.8 Å². The van der Waals surface area contributed by atoms with Crippen LogP contribution in [0.1, 0.15) is 35.2 Å². The Labute approximate surface area is 156 Å². The number of sulfonamides is 1. The molecule has 0 aliphatic carbocycles. The normalized spacial score (nSPS) is 12.8. The molecular weight excluding hydrogens is 348 g/mol. The Morgan fingerprint density at radius 2 is 1.62 bits per heavy atom. The van der Waals surface area contributed by atoms with E-state index in [4.69, 9.17) is 0 Å². The molecule has 0 aliphatic heterocycles. The average molecular weight is 375 g/mol. The zero-order valence-electron chi connectivity index (χ0n) is 15.9. The van der Waals surface area contributed by atoms with E-state index in [9.17, 15) is 13.2 Å². The predicted octanol–water partition coefficient (Wildman–Crippen LogP) is 3.11. The number of amides is 1. The first-order valence-electron chi connectivity index (χ1n) is 8.51. The van der Waals surface area contributed by atoms with Crippen molar-refractivity contribution in [3.05, 3.63) is 64.7 Å². The summed E-state index contributed by atoms with van der Waals surface area (Å²) >= 11 is 0. The van der Waals surface area contributed by atoms with E-state index >= 15 is 0 Å². The standard InChI is InChI=1S/C20H26N2O3S/c1-14-11-15(2)20(16(3)12-14)26(24,25)22(5)13-19(23)21-17(4)18-9-7-6-8-10-18/h6-12,17H,13H2,1-5H3,(H,21,23)/t17-/m1/s1. The van der Waals surface area contributed by atoms with E-state index in [0.29, 0.717) is 11.1 Å². The van der Waals surface area contributed by atoms with Crippen LogP contribution in [0.2, 0.25) is 0 Å². The van der Waals surface area contributed by atoms with Gasteiger partial charge in [0, 0.05) is 7.05 Å². The fraction of sp³-hybridized carbons (Fsp3) is 0.350. The fourth-order valence-corrected chi connectivity index (χ4v) is 4.66. The summed E-state index contributed by atoms with van der Waals surface area (Å²) in [5, 5.41) is 2.84. The van der Waals surface area contributed by atoms with Crippen LogP contribution in [0.3, 0.4) is 0 Å². The van der Waals surface area contributed by atoms with Crippen LogP contribution < -0.4 is 5.32 Å². The molecule has 0 fully saturated rings. The van der Waals surface area contributed by atoms with Crippen LogP contribution in [-0.4, -0.2) is 32.2 Å². The van der Waals surface area contributed by atoms with Crippen molar-refractivity contribution in [1.29, 1.82) is 0 Å². The number of hydrogen-bond acceptors (Lipinski definition) is 3. The first-order chi connectivity index (χ1) is 12.1. The molecular formula is C20H26N2O3S. The molecule has 6 heteroatoms. The highest BCUT2D eigenvalue weighted by atomic mass is 32.2. The summed E-state index contributed by atoms with van der Waals surface area (Å²) in [6.07, 6.45) is 0. The van der Waals surface area contributed by atoms with Crippen LogP contribution in [0.15, 0.2) is 47.4 Å². The third-order valence-electron chi connectivity index (χ3n) is 4.32. The summed E-state index contributed by atoms with van der Waals surface area (Å²) in [7, 11) is -2.31. The molecule has 0 saturated carbocycles. The average Bonchev–Trinajstić information content (AvgIpc) is 2.54. The molecule has 26 heavy (non-hydrogen) atoms. The Morgan fingerprint density at radius 3 is 2.15 bits per heavy atom. The number of aryl methyl sites for hydroxylation is 3. The lowest BCUT2D eigenvalue weighted by molar-refractivity contribution is -0.121. The minimum atomic E-state index is -3.74. The topological polar surface area (TPSA) is 66.5 Å². The molecule has 0 heterocycles. The maximum Gasteiger partial charge on any atom is 0.243 e. The van der Waals surface area contributed by atoms with Gasteiger partial charge in [-0.15, -0.1) is 0 Å².